The highest BCUT2D eigenvalue weighted by Crippen LogP contribution is 1.88. The van der Waals surface area contributed by atoms with E-state index >= 15 is 0 Å². The first kappa shape index (κ1) is 11.6. The molecule has 1 amide bonds. The zero-order chi connectivity index (χ0) is 10.3. The quantitative estimate of drug-likeness (QED) is 0.563. The Morgan fingerprint density at radius 3 is 2.69 bits per heavy atom. The van der Waals surface area contributed by atoms with Gasteiger partial charge in [-0.25, -0.2) is 4.79 Å². The minimum atomic E-state index is -1.10. The van der Waals surface area contributed by atoms with E-state index in [-0.39, 0.29) is 18.9 Å². The molecule has 0 heterocycles. The standard InChI is InChI=1S/C8H13NO4/c1-3-4-7(10)9-5-6(13-2)8(11)12/h3,6H,1,4-5H2,2H3,(H,9,10)(H,11,12). The van der Waals surface area contributed by atoms with Gasteiger partial charge in [0.05, 0.1) is 6.54 Å². The van der Waals surface area contributed by atoms with Crippen LogP contribution >= 0.6 is 0 Å². The molecule has 0 aromatic rings. The van der Waals surface area contributed by atoms with E-state index in [1.165, 1.54) is 13.2 Å². The SMILES string of the molecule is C=CCC(=O)NCC(OC)C(=O)O. The maximum Gasteiger partial charge on any atom is 0.334 e. The lowest BCUT2D eigenvalue weighted by Crippen LogP contribution is -2.37. The Morgan fingerprint density at radius 2 is 2.31 bits per heavy atom. The molecule has 0 saturated heterocycles. The number of carboxylic acids is 1. The highest BCUT2D eigenvalue weighted by Gasteiger charge is 2.16. The molecule has 0 fully saturated rings. The van der Waals surface area contributed by atoms with Gasteiger partial charge in [0.25, 0.3) is 0 Å². The lowest BCUT2D eigenvalue weighted by molar-refractivity contribution is -0.148. The molecule has 0 aromatic heterocycles. The maximum absolute atomic E-state index is 10.9. The minimum Gasteiger partial charge on any atom is -0.479 e. The molecule has 1 unspecified atom stereocenters. The summed E-state index contributed by atoms with van der Waals surface area (Å²) in [5, 5.41) is 10.9. The van der Waals surface area contributed by atoms with E-state index in [0.717, 1.165) is 0 Å². The fourth-order valence-corrected chi connectivity index (χ4v) is 0.681. The molecule has 0 radical (unpaired) electrons. The van der Waals surface area contributed by atoms with Gasteiger partial charge in [-0.15, -0.1) is 6.58 Å². The Bertz CT molecular complexity index is 202. The number of carboxylic acid groups (broad SMARTS) is 1. The van der Waals surface area contributed by atoms with Crippen molar-refractivity contribution in [3.63, 3.8) is 0 Å². The number of rotatable bonds is 6. The van der Waals surface area contributed by atoms with Crippen molar-refractivity contribution in [1.29, 1.82) is 0 Å². The molecule has 0 aliphatic heterocycles. The molecule has 74 valence electrons. The third-order valence-corrected chi connectivity index (χ3v) is 1.37. The van der Waals surface area contributed by atoms with Gasteiger partial charge in [0.1, 0.15) is 0 Å². The molecule has 0 aliphatic carbocycles. The van der Waals surface area contributed by atoms with Crippen LogP contribution in [0.3, 0.4) is 0 Å². The summed E-state index contributed by atoms with van der Waals surface area (Å²) in [5.74, 6) is -1.36. The molecule has 5 heteroatoms. The Labute approximate surface area is 76.4 Å². The van der Waals surface area contributed by atoms with Crippen LogP contribution < -0.4 is 5.32 Å². The second-order valence-electron chi connectivity index (χ2n) is 2.36. The Kier molecular flexibility index (Phi) is 5.54. The highest BCUT2D eigenvalue weighted by molar-refractivity contribution is 5.79. The van der Waals surface area contributed by atoms with Crippen LogP contribution in [0.1, 0.15) is 6.42 Å². The van der Waals surface area contributed by atoms with E-state index in [1.54, 1.807) is 0 Å². The summed E-state index contributed by atoms with van der Waals surface area (Å²) in [5.41, 5.74) is 0. The predicted molar refractivity (Wildman–Crippen MR) is 46.3 cm³/mol. The molecule has 13 heavy (non-hydrogen) atoms. The van der Waals surface area contributed by atoms with Crippen LogP contribution in [-0.4, -0.2) is 36.7 Å². The van der Waals surface area contributed by atoms with Gasteiger partial charge < -0.3 is 15.2 Å². The van der Waals surface area contributed by atoms with Gasteiger partial charge in [0.2, 0.25) is 5.91 Å². The topological polar surface area (TPSA) is 75.6 Å². The largest absolute Gasteiger partial charge is 0.479 e. The van der Waals surface area contributed by atoms with Gasteiger partial charge in [0, 0.05) is 13.5 Å². The summed E-state index contributed by atoms with van der Waals surface area (Å²) >= 11 is 0. The van der Waals surface area contributed by atoms with Gasteiger partial charge in [-0.3, -0.25) is 4.79 Å². The van der Waals surface area contributed by atoms with E-state index in [4.69, 9.17) is 5.11 Å². The number of ether oxygens (including phenoxy) is 1. The Morgan fingerprint density at radius 1 is 1.69 bits per heavy atom. The second kappa shape index (κ2) is 6.19. The van der Waals surface area contributed by atoms with Crippen molar-refractivity contribution in [2.24, 2.45) is 0 Å². The first-order valence-corrected chi connectivity index (χ1v) is 3.75. The van der Waals surface area contributed by atoms with Gasteiger partial charge in [-0.05, 0) is 0 Å². The number of carbonyl (C=O) groups excluding carboxylic acids is 1. The number of aliphatic carboxylic acids is 1. The van der Waals surface area contributed by atoms with E-state index in [0.29, 0.717) is 0 Å². The lowest BCUT2D eigenvalue weighted by atomic mass is 10.3. The fraction of sp³-hybridized carbons (Fsp3) is 0.500. The molecule has 0 spiro atoms. The molecule has 0 aromatic carbocycles. The second-order valence-corrected chi connectivity index (χ2v) is 2.36. The summed E-state index contributed by atoms with van der Waals surface area (Å²) in [7, 11) is 1.28. The monoisotopic (exact) mass is 187 g/mol. The predicted octanol–water partition coefficient (Wildman–Crippen LogP) is -0.222. The Hall–Kier alpha value is -1.36. The van der Waals surface area contributed by atoms with Crippen molar-refractivity contribution >= 4 is 11.9 Å². The number of methoxy groups -OCH3 is 1. The van der Waals surface area contributed by atoms with Crippen LogP contribution in [0.15, 0.2) is 12.7 Å². The van der Waals surface area contributed by atoms with Gasteiger partial charge in [0.15, 0.2) is 6.10 Å². The lowest BCUT2D eigenvalue weighted by Gasteiger charge is -2.10. The van der Waals surface area contributed by atoms with Gasteiger partial charge >= 0.3 is 5.97 Å². The first-order valence-electron chi connectivity index (χ1n) is 3.75. The van der Waals surface area contributed by atoms with Crippen molar-refractivity contribution in [2.75, 3.05) is 13.7 Å². The van der Waals surface area contributed by atoms with E-state index in [9.17, 15) is 9.59 Å². The van der Waals surface area contributed by atoms with Gasteiger partial charge in [-0.1, -0.05) is 6.08 Å². The Balaban J connectivity index is 3.78. The number of amides is 1. The number of nitrogens with one attached hydrogen (secondary N) is 1. The van der Waals surface area contributed by atoms with Crippen molar-refractivity contribution in [3.05, 3.63) is 12.7 Å². The average molecular weight is 187 g/mol. The van der Waals surface area contributed by atoms with Crippen LogP contribution in [0, 0.1) is 0 Å². The zero-order valence-electron chi connectivity index (χ0n) is 7.45. The van der Waals surface area contributed by atoms with Crippen LogP contribution in [0.2, 0.25) is 0 Å². The highest BCUT2D eigenvalue weighted by atomic mass is 16.5. The third-order valence-electron chi connectivity index (χ3n) is 1.37. The molecular formula is C8H13NO4. The zero-order valence-corrected chi connectivity index (χ0v) is 7.45. The average Bonchev–Trinajstić information content (AvgIpc) is 2.05. The molecule has 2 N–H and O–H groups in total. The molecule has 0 bridgehead atoms. The fourth-order valence-electron chi connectivity index (χ4n) is 0.681. The molecule has 0 aliphatic rings. The van der Waals surface area contributed by atoms with Crippen molar-refractivity contribution in [2.45, 2.75) is 12.5 Å². The molecule has 5 nitrogen and oxygen atoms in total. The van der Waals surface area contributed by atoms with Crippen LogP contribution in [-0.2, 0) is 14.3 Å². The normalized spacial score (nSPS) is 11.8. The van der Waals surface area contributed by atoms with Crippen LogP contribution in [0.5, 0.6) is 0 Å². The van der Waals surface area contributed by atoms with Crippen LogP contribution in [0.4, 0.5) is 0 Å². The summed E-state index contributed by atoms with van der Waals surface area (Å²) < 4.78 is 4.60. The van der Waals surface area contributed by atoms with Crippen molar-refractivity contribution < 1.29 is 19.4 Å². The van der Waals surface area contributed by atoms with Gasteiger partial charge in [-0.2, -0.15) is 0 Å². The maximum atomic E-state index is 10.9. The van der Waals surface area contributed by atoms with Crippen molar-refractivity contribution in [1.82, 2.24) is 5.32 Å². The third kappa shape index (κ3) is 4.97. The molecular weight excluding hydrogens is 174 g/mol. The summed E-state index contributed by atoms with van der Waals surface area (Å²) in [6.45, 7) is 3.35. The summed E-state index contributed by atoms with van der Waals surface area (Å²) in [6, 6.07) is 0. The molecule has 1 atom stereocenters. The van der Waals surface area contributed by atoms with Crippen LogP contribution in [0.25, 0.3) is 0 Å². The van der Waals surface area contributed by atoms with E-state index in [2.05, 4.69) is 16.6 Å². The number of hydrogen-bond donors (Lipinski definition) is 2. The molecule has 0 rings (SSSR count). The minimum absolute atomic E-state index is 0.0293. The smallest absolute Gasteiger partial charge is 0.334 e. The number of carbonyl (C=O) groups is 2. The summed E-state index contributed by atoms with van der Waals surface area (Å²) in [6.07, 6.45) is 0.627. The van der Waals surface area contributed by atoms with Crippen molar-refractivity contribution in [3.8, 4) is 0 Å². The number of hydrogen-bond acceptors (Lipinski definition) is 3. The van der Waals surface area contributed by atoms with E-state index < -0.39 is 12.1 Å². The first-order chi connectivity index (χ1) is 6.11. The summed E-state index contributed by atoms with van der Waals surface area (Å²) in [4.78, 5) is 21.3. The molecule has 0 saturated carbocycles. The van der Waals surface area contributed by atoms with E-state index in [1.807, 2.05) is 0 Å².